The molecule has 0 radical (unpaired) electrons. The second kappa shape index (κ2) is 6.23. The van der Waals surface area contributed by atoms with Crippen LogP contribution in [0.15, 0.2) is 55.4 Å². The van der Waals surface area contributed by atoms with Crippen molar-refractivity contribution in [2.75, 3.05) is 5.32 Å². The minimum atomic E-state index is -0.203. The third kappa shape index (κ3) is 3.48. The summed E-state index contributed by atoms with van der Waals surface area (Å²) in [7, 11) is 0. The number of rotatable bonds is 3. The average Bonchev–Trinajstić information content (AvgIpc) is 3.09. The van der Waals surface area contributed by atoms with Crippen LogP contribution in [-0.4, -0.2) is 25.4 Å². The summed E-state index contributed by atoms with van der Waals surface area (Å²) in [4.78, 5) is 24.6. The van der Waals surface area contributed by atoms with Gasteiger partial charge < -0.3 is 5.32 Å². The molecule has 2 heterocycles. The van der Waals surface area contributed by atoms with Crippen molar-refractivity contribution in [2.24, 2.45) is 0 Å². The highest BCUT2D eigenvalue weighted by Gasteiger charge is 2.14. The van der Waals surface area contributed by atoms with Crippen molar-refractivity contribution in [1.29, 1.82) is 0 Å². The van der Waals surface area contributed by atoms with E-state index in [0.717, 1.165) is 0 Å². The number of nitrogens with one attached hydrogen (secondary N) is 1. The van der Waals surface area contributed by atoms with Gasteiger partial charge in [-0.3, -0.25) is 9.36 Å². The van der Waals surface area contributed by atoms with E-state index in [1.807, 2.05) is 24.3 Å². The predicted molar refractivity (Wildman–Crippen MR) is 92.2 cm³/mol. The lowest BCUT2D eigenvalue weighted by molar-refractivity contribution is 0.102. The lowest BCUT2D eigenvalue weighted by Crippen LogP contribution is -2.15. The van der Waals surface area contributed by atoms with Crippen LogP contribution in [0, 0.1) is 0 Å². The van der Waals surface area contributed by atoms with E-state index in [9.17, 15) is 4.79 Å². The molecule has 0 spiro atoms. The minimum Gasteiger partial charge on any atom is -0.306 e. The molecule has 0 aliphatic carbocycles. The lowest BCUT2D eigenvalue weighted by atomic mass is 9.87. The Kier molecular flexibility index (Phi) is 4.12. The van der Waals surface area contributed by atoms with Gasteiger partial charge in [0.25, 0.3) is 5.91 Å². The van der Waals surface area contributed by atoms with E-state index in [4.69, 9.17) is 0 Å². The molecule has 2 aromatic heterocycles. The molecule has 3 aromatic rings. The molecule has 0 bridgehead atoms. The standard InChI is InChI=1S/C18H19N5O/c1-18(2,3)14-6-4-13(5-7-14)17(24)22-15-10-16(21-11-20-15)23-9-8-19-12-23/h4-12H,1-3H3,(H,20,21,22,24). The second-order valence-electron chi connectivity index (χ2n) is 6.51. The van der Waals surface area contributed by atoms with Gasteiger partial charge in [-0.15, -0.1) is 0 Å². The number of amides is 1. The van der Waals surface area contributed by atoms with Gasteiger partial charge >= 0.3 is 0 Å². The fourth-order valence-electron chi connectivity index (χ4n) is 2.26. The molecule has 122 valence electrons. The van der Waals surface area contributed by atoms with Gasteiger partial charge in [-0.25, -0.2) is 15.0 Å². The van der Waals surface area contributed by atoms with Crippen LogP contribution in [0.4, 0.5) is 5.82 Å². The molecular weight excluding hydrogens is 302 g/mol. The maximum absolute atomic E-state index is 12.4. The van der Waals surface area contributed by atoms with Gasteiger partial charge in [0.05, 0.1) is 0 Å². The molecule has 1 amide bonds. The van der Waals surface area contributed by atoms with Crippen LogP contribution in [0.5, 0.6) is 0 Å². The number of anilines is 1. The predicted octanol–water partition coefficient (Wildman–Crippen LogP) is 3.21. The molecule has 1 aromatic carbocycles. The van der Waals surface area contributed by atoms with Crippen molar-refractivity contribution in [3.8, 4) is 5.82 Å². The van der Waals surface area contributed by atoms with Gasteiger partial charge in [-0.05, 0) is 23.1 Å². The Morgan fingerprint density at radius 3 is 2.50 bits per heavy atom. The van der Waals surface area contributed by atoms with Gasteiger partial charge in [-0.2, -0.15) is 0 Å². The van der Waals surface area contributed by atoms with Crippen LogP contribution in [0.25, 0.3) is 5.82 Å². The van der Waals surface area contributed by atoms with Crippen molar-refractivity contribution >= 4 is 11.7 Å². The third-order valence-corrected chi connectivity index (χ3v) is 3.68. The van der Waals surface area contributed by atoms with Gasteiger partial charge in [0.1, 0.15) is 24.3 Å². The highest BCUT2D eigenvalue weighted by molar-refractivity contribution is 6.03. The monoisotopic (exact) mass is 321 g/mol. The first-order valence-corrected chi connectivity index (χ1v) is 7.66. The Morgan fingerprint density at radius 1 is 1.12 bits per heavy atom. The van der Waals surface area contributed by atoms with Crippen LogP contribution in [-0.2, 0) is 5.41 Å². The van der Waals surface area contributed by atoms with Crippen molar-refractivity contribution < 1.29 is 4.79 Å². The normalized spacial score (nSPS) is 11.3. The largest absolute Gasteiger partial charge is 0.306 e. The zero-order chi connectivity index (χ0) is 17.2. The molecule has 0 saturated carbocycles. The Labute approximate surface area is 140 Å². The van der Waals surface area contributed by atoms with E-state index < -0.39 is 0 Å². The minimum absolute atomic E-state index is 0.0569. The fraction of sp³-hybridized carbons (Fsp3) is 0.222. The summed E-state index contributed by atoms with van der Waals surface area (Å²) in [5, 5.41) is 2.79. The number of aromatic nitrogens is 4. The quantitative estimate of drug-likeness (QED) is 0.804. The first-order chi connectivity index (χ1) is 11.4. The SMILES string of the molecule is CC(C)(C)c1ccc(C(=O)Nc2cc(-n3ccnc3)ncn2)cc1. The number of carbonyl (C=O) groups excluding carboxylic acids is 1. The smallest absolute Gasteiger partial charge is 0.256 e. The van der Waals surface area contributed by atoms with E-state index in [-0.39, 0.29) is 11.3 Å². The molecular formula is C18H19N5O. The number of carbonyl (C=O) groups is 1. The van der Waals surface area contributed by atoms with E-state index >= 15 is 0 Å². The van der Waals surface area contributed by atoms with Crippen LogP contribution < -0.4 is 5.32 Å². The molecule has 0 atom stereocenters. The van der Waals surface area contributed by atoms with Crippen molar-refractivity contribution in [1.82, 2.24) is 19.5 Å². The van der Waals surface area contributed by atoms with Crippen LogP contribution in [0.2, 0.25) is 0 Å². The summed E-state index contributed by atoms with van der Waals surface area (Å²) >= 11 is 0. The van der Waals surface area contributed by atoms with Gasteiger partial charge in [0.2, 0.25) is 0 Å². The summed E-state index contributed by atoms with van der Waals surface area (Å²) in [6, 6.07) is 9.31. The molecule has 1 N–H and O–H groups in total. The van der Waals surface area contributed by atoms with Crippen molar-refractivity contribution in [3.05, 3.63) is 66.5 Å². The van der Waals surface area contributed by atoms with E-state index in [2.05, 4.69) is 41.0 Å². The lowest BCUT2D eigenvalue weighted by Gasteiger charge is -2.19. The first kappa shape index (κ1) is 15.9. The molecule has 3 rings (SSSR count). The van der Waals surface area contributed by atoms with Crippen LogP contribution in [0.1, 0.15) is 36.7 Å². The Hall–Kier alpha value is -3.02. The van der Waals surface area contributed by atoms with E-state index in [1.54, 1.807) is 29.4 Å². The molecule has 0 aliphatic heterocycles. The van der Waals surface area contributed by atoms with Crippen LogP contribution >= 0.6 is 0 Å². The summed E-state index contributed by atoms with van der Waals surface area (Å²) < 4.78 is 1.75. The van der Waals surface area contributed by atoms with Crippen LogP contribution in [0.3, 0.4) is 0 Å². The number of hydrogen-bond acceptors (Lipinski definition) is 4. The highest BCUT2D eigenvalue weighted by atomic mass is 16.1. The van der Waals surface area contributed by atoms with Crippen molar-refractivity contribution in [3.63, 3.8) is 0 Å². The number of imidazole rings is 1. The molecule has 24 heavy (non-hydrogen) atoms. The Balaban J connectivity index is 1.76. The number of hydrogen-bond donors (Lipinski definition) is 1. The molecule has 0 aliphatic rings. The highest BCUT2D eigenvalue weighted by Crippen LogP contribution is 2.22. The second-order valence-corrected chi connectivity index (χ2v) is 6.51. The van der Waals surface area contributed by atoms with E-state index in [1.165, 1.54) is 11.9 Å². The van der Waals surface area contributed by atoms with Crippen molar-refractivity contribution in [2.45, 2.75) is 26.2 Å². The Morgan fingerprint density at radius 2 is 1.88 bits per heavy atom. The molecule has 0 fully saturated rings. The zero-order valence-corrected chi connectivity index (χ0v) is 13.9. The molecule has 0 unspecified atom stereocenters. The summed E-state index contributed by atoms with van der Waals surface area (Å²) in [5.41, 5.74) is 1.83. The van der Waals surface area contributed by atoms with E-state index in [0.29, 0.717) is 17.2 Å². The maximum atomic E-state index is 12.4. The zero-order valence-electron chi connectivity index (χ0n) is 13.9. The molecule has 6 nitrogen and oxygen atoms in total. The summed E-state index contributed by atoms with van der Waals surface area (Å²) in [5.74, 6) is 0.880. The molecule has 6 heteroatoms. The topological polar surface area (TPSA) is 72.7 Å². The number of nitrogens with zero attached hydrogens (tertiary/aromatic N) is 4. The third-order valence-electron chi connectivity index (χ3n) is 3.68. The maximum Gasteiger partial charge on any atom is 0.256 e. The van der Waals surface area contributed by atoms with Gasteiger partial charge in [0.15, 0.2) is 0 Å². The summed E-state index contributed by atoms with van der Waals surface area (Å²) in [6.07, 6.45) is 6.49. The summed E-state index contributed by atoms with van der Waals surface area (Å²) in [6.45, 7) is 6.42. The average molecular weight is 321 g/mol. The fourth-order valence-corrected chi connectivity index (χ4v) is 2.26. The van der Waals surface area contributed by atoms with Gasteiger partial charge in [0, 0.05) is 24.0 Å². The number of benzene rings is 1. The first-order valence-electron chi connectivity index (χ1n) is 7.66. The molecule has 0 saturated heterocycles. The van der Waals surface area contributed by atoms with Gasteiger partial charge in [-0.1, -0.05) is 32.9 Å². The Bertz CT molecular complexity index is 833.